The Bertz CT molecular complexity index is 504. The van der Waals surface area contributed by atoms with Gasteiger partial charge in [0.05, 0.1) is 25.0 Å². The second-order valence-electron chi connectivity index (χ2n) is 5.53. The lowest BCUT2D eigenvalue weighted by atomic mass is 9.80. The predicted molar refractivity (Wildman–Crippen MR) is 82.9 cm³/mol. The zero-order valence-electron chi connectivity index (χ0n) is 11.8. The highest BCUT2D eigenvalue weighted by Crippen LogP contribution is 2.30. The number of anilines is 1. The number of aliphatic hydroxyl groups is 1. The normalized spacial score (nSPS) is 22.8. The summed E-state index contributed by atoms with van der Waals surface area (Å²) in [4.78, 5) is 12.0. The molecular weight excluding hydrogens is 322 g/mol. The van der Waals surface area contributed by atoms with Gasteiger partial charge >= 0.3 is 0 Å². The van der Waals surface area contributed by atoms with Crippen LogP contribution in [0.5, 0.6) is 0 Å². The molecule has 1 aliphatic rings. The van der Waals surface area contributed by atoms with E-state index in [0.717, 1.165) is 18.2 Å². The van der Waals surface area contributed by atoms with Gasteiger partial charge in [-0.15, -0.1) is 0 Å². The van der Waals surface area contributed by atoms with Gasteiger partial charge in [-0.05, 0) is 34.2 Å². The molecule has 0 spiro atoms. The standard InChI is InChI=1S/C14H22BrN3O2/c1-10-4-2-3-5-11(10)8-16-12-9-17-18(6-7-19)14(20)13(12)15/h9-11,16,19H,2-8H2,1H3. The molecule has 2 atom stereocenters. The number of rotatable bonds is 5. The van der Waals surface area contributed by atoms with Gasteiger partial charge in [0, 0.05) is 6.54 Å². The van der Waals surface area contributed by atoms with Gasteiger partial charge in [0.2, 0.25) is 0 Å². The van der Waals surface area contributed by atoms with Crippen LogP contribution in [-0.4, -0.2) is 28.0 Å². The molecule has 0 aliphatic heterocycles. The fourth-order valence-corrected chi connectivity index (χ4v) is 3.23. The van der Waals surface area contributed by atoms with Gasteiger partial charge < -0.3 is 10.4 Å². The molecule has 20 heavy (non-hydrogen) atoms. The van der Waals surface area contributed by atoms with E-state index in [-0.39, 0.29) is 18.7 Å². The highest BCUT2D eigenvalue weighted by molar-refractivity contribution is 9.10. The summed E-state index contributed by atoms with van der Waals surface area (Å²) in [6.07, 6.45) is 6.83. The Hall–Kier alpha value is -0.880. The lowest BCUT2D eigenvalue weighted by molar-refractivity contribution is 0.265. The molecule has 112 valence electrons. The maximum atomic E-state index is 12.0. The quantitative estimate of drug-likeness (QED) is 0.860. The molecule has 1 saturated carbocycles. The number of nitrogens with zero attached hydrogens (tertiary/aromatic N) is 2. The number of halogens is 1. The molecule has 0 bridgehead atoms. The average molecular weight is 344 g/mol. The van der Waals surface area contributed by atoms with E-state index in [1.54, 1.807) is 6.20 Å². The van der Waals surface area contributed by atoms with Gasteiger partial charge in [-0.3, -0.25) is 4.79 Å². The van der Waals surface area contributed by atoms with Crippen LogP contribution in [0.15, 0.2) is 15.5 Å². The van der Waals surface area contributed by atoms with Crippen molar-refractivity contribution in [3.05, 3.63) is 21.0 Å². The first kappa shape index (κ1) is 15.5. The SMILES string of the molecule is CC1CCCCC1CNc1cnn(CCO)c(=O)c1Br. The third-order valence-electron chi connectivity index (χ3n) is 4.14. The zero-order chi connectivity index (χ0) is 14.5. The lowest BCUT2D eigenvalue weighted by Gasteiger charge is -2.29. The van der Waals surface area contributed by atoms with Crippen LogP contribution in [0.2, 0.25) is 0 Å². The van der Waals surface area contributed by atoms with Crippen molar-refractivity contribution in [3.8, 4) is 0 Å². The fraction of sp³-hybridized carbons (Fsp3) is 0.714. The minimum Gasteiger partial charge on any atom is -0.394 e. The van der Waals surface area contributed by atoms with Crippen molar-refractivity contribution in [1.82, 2.24) is 9.78 Å². The molecule has 0 aromatic carbocycles. The smallest absolute Gasteiger partial charge is 0.283 e. The Labute approximate surface area is 127 Å². The number of aromatic nitrogens is 2. The van der Waals surface area contributed by atoms with E-state index in [4.69, 9.17) is 5.11 Å². The van der Waals surface area contributed by atoms with Gasteiger partial charge in [-0.2, -0.15) is 5.10 Å². The second kappa shape index (κ2) is 7.22. The maximum Gasteiger partial charge on any atom is 0.283 e. The van der Waals surface area contributed by atoms with Gasteiger partial charge in [0.25, 0.3) is 5.56 Å². The fourth-order valence-electron chi connectivity index (χ4n) is 2.78. The second-order valence-corrected chi connectivity index (χ2v) is 6.32. The van der Waals surface area contributed by atoms with Crippen LogP contribution < -0.4 is 10.9 Å². The Morgan fingerprint density at radius 3 is 2.95 bits per heavy atom. The number of nitrogens with one attached hydrogen (secondary N) is 1. The van der Waals surface area contributed by atoms with Crippen LogP contribution in [0.1, 0.15) is 32.6 Å². The van der Waals surface area contributed by atoms with Gasteiger partial charge in [0.15, 0.2) is 0 Å². The maximum absolute atomic E-state index is 12.0. The lowest BCUT2D eigenvalue weighted by Crippen LogP contribution is -2.28. The molecule has 1 aromatic heterocycles. The van der Waals surface area contributed by atoms with E-state index < -0.39 is 0 Å². The largest absolute Gasteiger partial charge is 0.394 e. The van der Waals surface area contributed by atoms with Crippen LogP contribution in [-0.2, 0) is 6.54 Å². The molecule has 1 fully saturated rings. The van der Waals surface area contributed by atoms with E-state index in [1.807, 2.05) is 0 Å². The van der Waals surface area contributed by atoms with Crippen LogP contribution in [0, 0.1) is 11.8 Å². The van der Waals surface area contributed by atoms with Crippen molar-refractivity contribution < 1.29 is 5.11 Å². The molecular formula is C14H22BrN3O2. The average Bonchev–Trinajstić information content (AvgIpc) is 2.45. The number of hydrogen-bond acceptors (Lipinski definition) is 4. The summed E-state index contributed by atoms with van der Waals surface area (Å²) < 4.78 is 1.75. The third kappa shape index (κ3) is 3.61. The van der Waals surface area contributed by atoms with Crippen LogP contribution >= 0.6 is 15.9 Å². The van der Waals surface area contributed by atoms with Crippen molar-refractivity contribution in [2.45, 2.75) is 39.2 Å². The topological polar surface area (TPSA) is 67.2 Å². The summed E-state index contributed by atoms with van der Waals surface area (Å²) in [5.41, 5.74) is 0.530. The molecule has 0 radical (unpaired) electrons. The molecule has 5 nitrogen and oxygen atoms in total. The van der Waals surface area contributed by atoms with Crippen LogP contribution in [0.4, 0.5) is 5.69 Å². The minimum absolute atomic E-state index is 0.0916. The van der Waals surface area contributed by atoms with Gasteiger partial charge in [-0.25, -0.2) is 4.68 Å². The summed E-state index contributed by atoms with van der Waals surface area (Å²) >= 11 is 3.32. The number of aliphatic hydroxyl groups excluding tert-OH is 1. The van der Waals surface area contributed by atoms with Crippen LogP contribution in [0.3, 0.4) is 0 Å². The summed E-state index contributed by atoms with van der Waals surface area (Å²) in [6.45, 7) is 3.31. The van der Waals surface area contributed by atoms with Crippen molar-refractivity contribution in [2.75, 3.05) is 18.5 Å². The third-order valence-corrected chi connectivity index (χ3v) is 4.91. The first-order valence-corrected chi connectivity index (χ1v) is 8.03. The van der Waals surface area contributed by atoms with Crippen molar-refractivity contribution in [1.29, 1.82) is 0 Å². The Kier molecular flexibility index (Phi) is 5.60. The summed E-state index contributed by atoms with van der Waals surface area (Å²) in [5.74, 6) is 1.40. The molecule has 2 rings (SSSR count). The Morgan fingerprint density at radius 1 is 1.50 bits per heavy atom. The summed E-state index contributed by atoms with van der Waals surface area (Å²) in [7, 11) is 0. The summed E-state index contributed by atoms with van der Waals surface area (Å²) in [5, 5.41) is 16.3. The van der Waals surface area contributed by atoms with E-state index in [1.165, 1.54) is 30.4 Å². The molecule has 2 N–H and O–H groups in total. The Balaban J connectivity index is 2.02. The van der Waals surface area contributed by atoms with E-state index >= 15 is 0 Å². The molecule has 0 saturated heterocycles. The minimum atomic E-state index is -0.208. The van der Waals surface area contributed by atoms with Crippen LogP contribution in [0.25, 0.3) is 0 Å². The first-order chi connectivity index (χ1) is 9.63. The van der Waals surface area contributed by atoms with Crippen molar-refractivity contribution >= 4 is 21.6 Å². The van der Waals surface area contributed by atoms with Gasteiger partial charge in [0.1, 0.15) is 4.47 Å². The molecule has 2 unspecified atom stereocenters. The highest BCUT2D eigenvalue weighted by atomic mass is 79.9. The molecule has 0 amide bonds. The highest BCUT2D eigenvalue weighted by Gasteiger charge is 2.21. The molecule has 1 heterocycles. The van der Waals surface area contributed by atoms with E-state index in [9.17, 15) is 4.79 Å². The Morgan fingerprint density at radius 2 is 2.25 bits per heavy atom. The molecule has 6 heteroatoms. The van der Waals surface area contributed by atoms with Gasteiger partial charge in [-0.1, -0.05) is 26.2 Å². The number of hydrogen-bond donors (Lipinski definition) is 2. The van der Waals surface area contributed by atoms with Crippen molar-refractivity contribution in [3.63, 3.8) is 0 Å². The van der Waals surface area contributed by atoms with E-state index in [0.29, 0.717) is 10.4 Å². The molecule has 1 aliphatic carbocycles. The predicted octanol–water partition coefficient (Wildman–Crippen LogP) is 2.24. The summed E-state index contributed by atoms with van der Waals surface area (Å²) in [6, 6.07) is 0. The zero-order valence-corrected chi connectivity index (χ0v) is 13.4. The monoisotopic (exact) mass is 343 g/mol. The first-order valence-electron chi connectivity index (χ1n) is 7.24. The van der Waals surface area contributed by atoms with Crippen molar-refractivity contribution in [2.24, 2.45) is 11.8 Å². The molecule has 1 aromatic rings. The van der Waals surface area contributed by atoms with E-state index in [2.05, 4.69) is 33.3 Å².